The average molecular weight is 97.1 g/mol. The molecule has 0 aromatic heterocycles. The van der Waals surface area contributed by atoms with Gasteiger partial charge in [-0.05, 0) is 6.92 Å². The molecule has 0 aromatic carbocycles. The van der Waals surface area contributed by atoms with E-state index in [1.54, 1.807) is 6.92 Å². The molecule has 0 aromatic rings. The van der Waals surface area contributed by atoms with Gasteiger partial charge in [-0.1, -0.05) is 0 Å². The highest BCUT2D eigenvalue weighted by Crippen LogP contribution is 1.87. The van der Waals surface area contributed by atoms with E-state index in [1.165, 1.54) is 6.08 Å². The minimum Gasteiger partial charge on any atom is -0.300 e. The fraction of sp³-hybridized carbons (Fsp3) is 0.500. The highest BCUT2D eigenvalue weighted by Gasteiger charge is 1.88. The van der Waals surface area contributed by atoms with Gasteiger partial charge in [0.2, 0.25) is 6.58 Å². The van der Waals surface area contributed by atoms with Crippen molar-refractivity contribution in [3.8, 4) is 0 Å². The second kappa shape index (κ2) is 3.51. The third-order valence-corrected chi connectivity index (χ3v) is 0.663. The van der Waals surface area contributed by atoms with Crippen molar-refractivity contribution in [2.45, 2.75) is 19.8 Å². The molecule has 0 rings (SSSR count). The maximum atomic E-state index is 10.1. The average Bonchev–Trinajstić information content (AvgIpc) is 1.61. The molecule has 0 N–H and O–H groups in total. The number of rotatable bonds is 3. The summed E-state index contributed by atoms with van der Waals surface area (Å²) in [6.45, 7) is 6.56. The standard InChI is InChI=1S/C6H9O/c1-3-4-5-6(2)7/h1,3H,4-5H2,2H3/q+1. The Kier molecular flexibility index (Phi) is 3.17. The van der Waals surface area contributed by atoms with Gasteiger partial charge in [-0.2, -0.15) is 0 Å². The predicted molar refractivity (Wildman–Crippen MR) is 28.8 cm³/mol. The first kappa shape index (κ1) is 6.32. The van der Waals surface area contributed by atoms with Gasteiger partial charge < -0.3 is 4.79 Å². The van der Waals surface area contributed by atoms with Crippen LogP contribution in [0.25, 0.3) is 0 Å². The number of ketones is 1. The summed E-state index contributed by atoms with van der Waals surface area (Å²) in [6.07, 6.45) is 2.78. The molecule has 0 atom stereocenters. The lowest BCUT2D eigenvalue weighted by molar-refractivity contribution is -0.116. The highest BCUT2D eigenvalue weighted by atomic mass is 16.1. The van der Waals surface area contributed by atoms with E-state index in [-0.39, 0.29) is 5.78 Å². The predicted octanol–water partition coefficient (Wildman–Crippen LogP) is 1.34. The molecule has 1 nitrogen and oxygen atoms in total. The van der Waals surface area contributed by atoms with E-state index in [2.05, 4.69) is 0 Å². The summed E-state index contributed by atoms with van der Waals surface area (Å²) in [5.74, 6) is 0.196. The van der Waals surface area contributed by atoms with Gasteiger partial charge in [-0.15, -0.1) is 0 Å². The second-order valence-corrected chi connectivity index (χ2v) is 1.48. The summed E-state index contributed by atoms with van der Waals surface area (Å²) in [4.78, 5) is 10.1. The normalized spacial score (nSPS) is 8.00. The first-order valence-corrected chi connectivity index (χ1v) is 2.30. The molecule has 0 bridgehead atoms. The van der Waals surface area contributed by atoms with Gasteiger partial charge in [-0.25, -0.2) is 0 Å². The summed E-state index contributed by atoms with van der Waals surface area (Å²) in [7, 11) is 0. The molecule has 38 valence electrons. The maximum Gasteiger partial charge on any atom is 0.201 e. The molecule has 0 aliphatic rings. The lowest BCUT2D eigenvalue weighted by Gasteiger charge is -1.79. The van der Waals surface area contributed by atoms with E-state index in [0.29, 0.717) is 12.8 Å². The fourth-order valence-corrected chi connectivity index (χ4v) is 0.287. The van der Waals surface area contributed by atoms with Crippen molar-refractivity contribution in [1.29, 1.82) is 0 Å². The first-order valence-electron chi connectivity index (χ1n) is 2.30. The molecule has 0 aliphatic carbocycles. The quantitative estimate of drug-likeness (QED) is 0.486. The molecule has 0 saturated heterocycles. The lowest BCUT2D eigenvalue weighted by atomic mass is 10.2. The smallest absolute Gasteiger partial charge is 0.201 e. The number of carbonyl (C=O) groups excluding carboxylic acids is 1. The van der Waals surface area contributed by atoms with Crippen molar-refractivity contribution < 1.29 is 4.79 Å². The molecule has 1 heteroatoms. The van der Waals surface area contributed by atoms with Crippen molar-refractivity contribution in [2.75, 3.05) is 0 Å². The van der Waals surface area contributed by atoms with Crippen LogP contribution in [0.3, 0.4) is 0 Å². The topological polar surface area (TPSA) is 17.1 Å². The molecule has 0 amide bonds. The Morgan fingerprint density at radius 3 is 2.57 bits per heavy atom. The minimum atomic E-state index is 0.196. The maximum absolute atomic E-state index is 10.1. The zero-order chi connectivity index (χ0) is 5.70. The van der Waals surface area contributed by atoms with Crippen LogP contribution in [0.2, 0.25) is 0 Å². The van der Waals surface area contributed by atoms with E-state index < -0.39 is 0 Å². The van der Waals surface area contributed by atoms with Crippen LogP contribution in [0.1, 0.15) is 19.8 Å². The number of hydrogen-bond donors (Lipinski definition) is 0. The molecule has 0 spiro atoms. The van der Waals surface area contributed by atoms with E-state index in [0.717, 1.165) is 0 Å². The third-order valence-electron chi connectivity index (χ3n) is 0.663. The summed E-state index contributed by atoms with van der Waals surface area (Å²) in [5.41, 5.74) is 0. The van der Waals surface area contributed by atoms with Crippen LogP contribution in [0, 0.1) is 6.58 Å². The Morgan fingerprint density at radius 2 is 2.43 bits per heavy atom. The molecule has 0 saturated carbocycles. The molecule has 0 unspecified atom stereocenters. The Morgan fingerprint density at radius 1 is 1.86 bits per heavy atom. The third kappa shape index (κ3) is 5.32. The van der Waals surface area contributed by atoms with E-state index in [4.69, 9.17) is 6.58 Å². The highest BCUT2D eigenvalue weighted by molar-refractivity contribution is 5.75. The van der Waals surface area contributed by atoms with Gasteiger partial charge in [0.05, 0.1) is 0 Å². The van der Waals surface area contributed by atoms with Crippen LogP contribution in [-0.2, 0) is 4.79 Å². The Hall–Kier alpha value is -0.680. The Bertz CT molecular complexity index is 74.2. The molecule has 0 aliphatic heterocycles. The fourth-order valence-electron chi connectivity index (χ4n) is 0.287. The van der Waals surface area contributed by atoms with E-state index in [1.807, 2.05) is 0 Å². The number of Topliss-reactive ketones (excluding diaryl/α,β-unsaturated/α-hetero) is 1. The van der Waals surface area contributed by atoms with Gasteiger partial charge in [0.25, 0.3) is 0 Å². The first-order chi connectivity index (χ1) is 3.27. The summed E-state index contributed by atoms with van der Waals surface area (Å²) < 4.78 is 0. The van der Waals surface area contributed by atoms with Crippen molar-refractivity contribution >= 4 is 5.78 Å². The van der Waals surface area contributed by atoms with Gasteiger partial charge in [0.15, 0.2) is 6.08 Å². The molecule has 7 heavy (non-hydrogen) atoms. The molecule has 0 radical (unpaired) electrons. The summed E-state index contributed by atoms with van der Waals surface area (Å²) in [5, 5.41) is 0. The molecule has 0 fully saturated rings. The van der Waals surface area contributed by atoms with Crippen molar-refractivity contribution in [2.24, 2.45) is 0 Å². The number of allylic oxidation sites excluding steroid dienone is 1. The van der Waals surface area contributed by atoms with Crippen molar-refractivity contribution in [3.05, 3.63) is 12.7 Å². The monoisotopic (exact) mass is 97.1 g/mol. The molecular weight excluding hydrogens is 88.1 g/mol. The van der Waals surface area contributed by atoms with Crippen LogP contribution in [0.15, 0.2) is 6.08 Å². The van der Waals surface area contributed by atoms with Gasteiger partial charge in [-0.3, -0.25) is 0 Å². The number of hydrogen-bond acceptors (Lipinski definition) is 1. The Labute approximate surface area is 44.0 Å². The van der Waals surface area contributed by atoms with E-state index >= 15 is 0 Å². The van der Waals surface area contributed by atoms with Crippen molar-refractivity contribution in [3.63, 3.8) is 0 Å². The van der Waals surface area contributed by atoms with Crippen LogP contribution >= 0.6 is 0 Å². The lowest BCUT2D eigenvalue weighted by Crippen LogP contribution is -1.85. The van der Waals surface area contributed by atoms with Gasteiger partial charge in [0, 0.05) is 12.8 Å². The van der Waals surface area contributed by atoms with Crippen LogP contribution in [0.4, 0.5) is 0 Å². The Balaban J connectivity index is 2.97. The van der Waals surface area contributed by atoms with Crippen LogP contribution < -0.4 is 0 Å². The zero-order valence-electron chi connectivity index (χ0n) is 4.48. The zero-order valence-corrected chi connectivity index (χ0v) is 4.48. The van der Waals surface area contributed by atoms with Crippen LogP contribution in [0.5, 0.6) is 0 Å². The van der Waals surface area contributed by atoms with Gasteiger partial charge in [0.1, 0.15) is 5.78 Å². The number of carbonyl (C=O) groups is 1. The minimum absolute atomic E-state index is 0.196. The van der Waals surface area contributed by atoms with Crippen LogP contribution in [-0.4, -0.2) is 5.78 Å². The molecule has 0 heterocycles. The summed E-state index contributed by atoms with van der Waals surface area (Å²) in [6, 6.07) is 0. The van der Waals surface area contributed by atoms with Gasteiger partial charge >= 0.3 is 0 Å². The SMILES string of the molecule is [CH+]=CCCC(C)=O. The second-order valence-electron chi connectivity index (χ2n) is 1.48. The van der Waals surface area contributed by atoms with Crippen molar-refractivity contribution in [1.82, 2.24) is 0 Å². The summed E-state index contributed by atoms with van der Waals surface area (Å²) >= 11 is 0. The van der Waals surface area contributed by atoms with E-state index in [9.17, 15) is 4.79 Å². The largest absolute Gasteiger partial charge is 0.300 e. The molecular formula is C6H9O+.